The lowest BCUT2D eigenvalue weighted by Gasteiger charge is -2.13. The second-order valence-corrected chi connectivity index (χ2v) is 3.25. The van der Waals surface area contributed by atoms with Crippen molar-refractivity contribution in [2.24, 2.45) is 0 Å². The van der Waals surface area contributed by atoms with Crippen molar-refractivity contribution in [1.29, 1.82) is 0 Å². The lowest BCUT2D eigenvalue weighted by molar-refractivity contribution is 0.236. The normalized spacial score (nSPS) is 10.5. The monoisotopic (exact) mass is 180 g/mol. The van der Waals surface area contributed by atoms with Crippen LogP contribution in [0.1, 0.15) is 19.4 Å². The maximum Gasteiger partial charge on any atom is 0.122 e. The number of hydrogen-bond acceptors (Lipinski definition) is 2. The highest BCUT2D eigenvalue weighted by Gasteiger charge is 2.03. The smallest absolute Gasteiger partial charge is 0.122 e. The summed E-state index contributed by atoms with van der Waals surface area (Å²) in [6.45, 7) is 4.16. The summed E-state index contributed by atoms with van der Waals surface area (Å²) in [4.78, 5) is 0. The highest BCUT2D eigenvalue weighted by atomic mass is 16.5. The number of benzene rings is 1. The second-order valence-electron chi connectivity index (χ2n) is 3.25. The van der Waals surface area contributed by atoms with Crippen LogP contribution in [0.4, 0.5) is 0 Å². The first kappa shape index (κ1) is 10.1. The van der Waals surface area contributed by atoms with Gasteiger partial charge in [0.1, 0.15) is 5.75 Å². The first-order chi connectivity index (χ1) is 6.24. The average Bonchev–Trinajstić information content (AvgIpc) is 2.08. The summed E-state index contributed by atoms with van der Waals surface area (Å²) in [6, 6.07) is 7.82. The number of hydrogen-bond donors (Lipinski definition) is 1. The minimum absolute atomic E-state index is 0.165. The number of aliphatic hydroxyl groups excluding tert-OH is 1. The van der Waals surface area contributed by atoms with E-state index in [0.717, 1.165) is 11.3 Å². The number of rotatable bonds is 4. The molecule has 0 atom stereocenters. The molecule has 72 valence electrons. The van der Waals surface area contributed by atoms with Crippen LogP contribution in [0.2, 0.25) is 0 Å². The van der Waals surface area contributed by atoms with E-state index in [0.29, 0.717) is 6.42 Å². The van der Waals surface area contributed by atoms with Crippen LogP contribution in [0, 0.1) is 0 Å². The zero-order valence-corrected chi connectivity index (χ0v) is 8.16. The molecule has 1 aromatic rings. The van der Waals surface area contributed by atoms with E-state index in [4.69, 9.17) is 9.84 Å². The van der Waals surface area contributed by atoms with Crippen LogP contribution in [0.25, 0.3) is 0 Å². The lowest BCUT2D eigenvalue weighted by atomic mass is 10.1. The van der Waals surface area contributed by atoms with E-state index in [1.165, 1.54) is 0 Å². The van der Waals surface area contributed by atoms with Gasteiger partial charge in [-0.1, -0.05) is 18.2 Å². The molecule has 0 aliphatic heterocycles. The van der Waals surface area contributed by atoms with Gasteiger partial charge < -0.3 is 9.84 Å². The van der Waals surface area contributed by atoms with Gasteiger partial charge in [0.2, 0.25) is 0 Å². The second kappa shape index (κ2) is 4.87. The summed E-state index contributed by atoms with van der Waals surface area (Å²) >= 11 is 0. The van der Waals surface area contributed by atoms with E-state index in [1.54, 1.807) is 0 Å². The lowest BCUT2D eigenvalue weighted by Crippen LogP contribution is -2.07. The Labute approximate surface area is 79.2 Å². The summed E-state index contributed by atoms with van der Waals surface area (Å²) in [6.07, 6.45) is 0.836. The van der Waals surface area contributed by atoms with E-state index in [9.17, 15) is 0 Å². The number of para-hydroxylation sites is 1. The molecule has 0 fully saturated rings. The molecule has 13 heavy (non-hydrogen) atoms. The fourth-order valence-electron chi connectivity index (χ4n) is 1.20. The molecule has 0 aromatic heterocycles. The molecule has 2 nitrogen and oxygen atoms in total. The van der Waals surface area contributed by atoms with Gasteiger partial charge in [-0.15, -0.1) is 0 Å². The fraction of sp³-hybridized carbons (Fsp3) is 0.455. The van der Waals surface area contributed by atoms with Gasteiger partial charge in [0.25, 0.3) is 0 Å². The molecule has 0 saturated heterocycles. The topological polar surface area (TPSA) is 29.5 Å². The molecular weight excluding hydrogens is 164 g/mol. The van der Waals surface area contributed by atoms with Crippen LogP contribution in [0.3, 0.4) is 0 Å². The van der Waals surface area contributed by atoms with Crippen LogP contribution in [-0.4, -0.2) is 17.8 Å². The fourth-order valence-corrected chi connectivity index (χ4v) is 1.20. The molecule has 1 N–H and O–H groups in total. The average molecular weight is 180 g/mol. The summed E-state index contributed by atoms with van der Waals surface area (Å²) in [7, 11) is 0. The maximum absolute atomic E-state index is 8.82. The molecule has 0 unspecified atom stereocenters. The largest absolute Gasteiger partial charge is 0.491 e. The van der Waals surface area contributed by atoms with E-state index < -0.39 is 0 Å². The van der Waals surface area contributed by atoms with Crippen LogP contribution >= 0.6 is 0 Å². The minimum Gasteiger partial charge on any atom is -0.491 e. The van der Waals surface area contributed by atoms with Gasteiger partial charge in [0, 0.05) is 6.61 Å². The third-order valence-electron chi connectivity index (χ3n) is 1.72. The molecule has 1 rings (SSSR count). The zero-order chi connectivity index (χ0) is 9.68. The predicted molar refractivity (Wildman–Crippen MR) is 53.0 cm³/mol. The van der Waals surface area contributed by atoms with Crippen molar-refractivity contribution in [1.82, 2.24) is 0 Å². The summed E-state index contributed by atoms with van der Waals surface area (Å²) in [5.41, 5.74) is 1.07. The van der Waals surface area contributed by atoms with Crippen LogP contribution in [0.5, 0.6) is 5.75 Å². The van der Waals surface area contributed by atoms with Crippen LogP contribution in [0.15, 0.2) is 24.3 Å². The molecule has 2 heteroatoms. The third kappa shape index (κ3) is 3.07. The maximum atomic E-state index is 8.82. The van der Waals surface area contributed by atoms with Crippen molar-refractivity contribution in [3.8, 4) is 5.75 Å². The molecule has 0 spiro atoms. The highest BCUT2D eigenvalue weighted by molar-refractivity contribution is 5.33. The zero-order valence-electron chi connectivity index (χ0n) is 8.16. The van der Waals surface area contributed by atoms with Crippen LogP contribution in [-0.2, 0) is 6.42 Å². The van der Waals surface area contributed by atoms with Gasteiger partial charge in [-0.25, -0.2) is 0 Å². The standard InChI is InChI=1S/C11H16O2/c1-9(2)13-11-6-4-3-5-10(11)7-8-12/h3-6,9,12H,7-8H2,1-2H3. The number of ether oxygens (including phenoxy) is 1. The van der Waals surface area contributed by atoms with Crippen molar-refractivity contribution in [2.45, 2.75) is 26.4 Å². The SMILES string of the molecule is CC(C)Oc1ccccc1CCO. The Bertz CT molecular complexity index is 256. The summed E-state index contributed by atoms with van der Waals surface area (Å²) in [5.74, 6) is 0.881. The quantitative estimate of drug-likeness (QED) is 0.768. The van der Waals surface area contributed by atoms with Gasteiger partial charge in [0.15, 0.2) is 0 Å². The molecule has 0 saturated carbocycles. The molecule has 1 aromatic carbocycles. The molecule has 0 aliphatic carbocycles. The van der Waals surface area contributed by atoms with Crippen molar-refractivity contribution < 1.29 is 9.84 Å². The van der Waals surface area contributed by atoms with Crippen LogP contribution < -0.4 is 4.74 Å². The molecule has 0 radical (unpaired) electrons. The van der Waals surface area contributed by atoms with E-state index in [-0.39, 0.29) is 12.7 Å². The molecule has 0 aliphatic rings. The van der Waals surface area contributed by atoms with Gasteiger partial charge in [-0.3, -0.25) is 0 Å². The Morgan fingerprint density at radius 3 is 2.62 bits per heavy atom. The Balaban J connectivity index is 2.78. The van der Waals surface area contributed by atoms with Crippen molar-refractivity contribution in [2.75, 3.05) is 6.61 Å². The minimum atomic E-state index is 0.165. The molecule has 0 amide bonds. The molecule has 0 heterocycles. The number of aliphatic hydroxyl groups is 1. The summed E-state index contributed by atoms with van der Waals surface area (Å²) in [5, 5.41) is 8.82. The van der Waals surface area contributed by atoms with E-state index in [2.05, 4.69) is 0 Å². The molecular formula is C11H16O2. The Morgan fingerprint density at radius 2 is 2.00 bits per heavy atom. The molecule has 0 bridgehead atoms. The van der Waals surface area contributed by atoms with Gasteiger partial charge in [-0.05, 0) is 31.9 Å². The van der Waals surface area contributed by atoms with Gasteiger partial charge >= 0.3 is 0 Å². The van der Waals surface area contributed by atoms with E-state index >= 15 is 0 Å². The highest BCUT2D eigenvalue weighted by Crippen LogP contribution is 2.19. The van der Waals surface area contributed by atoms with Gasteiger partial charge in [-0.2, -0.15) is 0 Å². The van der Waals surface area contributed by atoms with E-state index in [1.807, 2.05) is 38.1 Å². The Morgan fingerprint density at radius 1 is 1.31 bits per heavy atom. The predicted octanol–water partition coefficient (Wildman–Crippen LogP) is 2.01. The third-order valence-corrected chi connectivity index (χ3v) is 1.72. The van der Waals surface area contributed by atoms with Gasteiger partial charge in [0.05, 0.1) is 6.10 Å². The first-order valence-electron chi connectivity index (χ1n) is 4.59. The first-order valence-corrected chi connectivity index (χ1v) is 4.59. The Hall–Kier alpha value is -1.02. The van der Waals surface area contributed by atoms with Crippen molar-refractivity contribution in [3.05, 3.63) is 29.8 Å². The summed E-state index contributed by atoms with van der Waals surface area (Å²) < 4.78 is 5.59. The van der Waals surface area contributed by atoms with Crippen molar-refractivity contribution >= 4 is 0 Å². The van der Waals surface area contributed by atoms with Crippen molar-refractivity contribution in [3.63, 3.8) is 0 Å². The Kier molecular flexibility index (Phi) is 3.77.